The molecule has 0 unspecified atom stereocenters. The molecule has 0 atom stereocenters. The van der Waals surface area contributed by atoms with Crippen LogP contribution in [-0.4, -0.2) is 1.92 Å². The second kappa shape index (κ2) is 6.78. The summed E-state index contributed by atoms with van der Waals surface area (Å²) >= 11 is 26.5. The Morgan fingerprint density at radius 1 is 0.636 bits per heavy atom. The van der Waals surface area contributed by atoms with E-state index in [1.165, 1.54) is 19.6 Å². The van der Waals surface area contributed by atoms with Crippen LogP contribution >= 0.6 is 105 Å². The van der Waals surface area contributed by atoms with Crippen molar-refractivity contribution in [1.29, 1.82) is 0 Å². The van der Waals surface area contributed by atoms with Crippen molar-refractivity contribution < 1.29 is 0 Å². The fourth-order valence-corrected chi connectivity index (χ4v) is 22.7. The minimum atomic E-state index is -1.49. The fraction of sp³-hybridized carbons (Fsp3) is 0. The summed E-state index contributed by atoms with van der Waals surface area (Å²) in [7, 11) is 3.86. The van der Waals surface area contributed by atoms with Crippen LogP contribution < -0.4 is 0 Å². The number of fused-ring (bicyclic) bond motifs is 2. The van der Waals surface area contributed by atoms with Gasteiger partial charge < -0.3 is 0 Å². The molecule has 4 rings (SSSR count). The molecule has 0 saturated heterocycles. The predicted octanol–water partition coefficient (Wildman–Crippen LogP) is 8.78. The Morgan fingerprint density at radius 3 is 1.41 bits per heavy atom. The maximum absolute atomic E-state index is 6.12. The molecule has 2 aromatic rings. The Morgan fingerprint density at radius 2 is 1.00 bits per heavy atom. The van der Waals surface area contributed by atoms with Crippen molar-refractivity contribution in [2.75, 3.05) is 0 Å². The quantitative estimate of drug-likeness (QED) is 0.195. The Bertz CT molecular complexity index is 663. The van der Waals surface area contributed by atoms with E-state index in [0.29, 0.717) is 20.1 Å². The van der Waals surface area contributed by atoms with Gasteiger partial charge in [0.05, 0.1) is 0 Å². The van der Waals surface area contributed by atoms with E-state index < -0.39 is 17.3 Å². The second-order valence-corrected chi connectivity index (χ2v) is 20.5. The minimum absolute atomic E-state index is 0.604. The summed E-state index contributed by atoms with van der Waals surface area (Å²) in [5.41, 5.74) is 0. The van der Waals surface area contributed by atoms with Crippen LogP contribution in [0.5, 0.6) is 0 Å². The summed E-state index contributed by atoms with van der Waals surface area (Å²) in [5.74, 6) is 0. The third-order valence-electron chi connectivity index (χ3n) is 2.72. The molecule has 0 amide bonds. The monoisotopic (exact) mass is 557 g/mol. The first kappa shape index (κ1) is 17.1. The van der Waals surface area contributed by atoms with E-state index in [-0.39, 0.29) is 0 Å². The van der Waals surface area contributed by atoms with Crippen LogP contribution in [-0.2, 0) is 0 Å². The first-order chi connectivity index (χ1) is 10.5. The molecule has 22 heavy (non-hydrogen) atoms. The second-order valence-electron chi connectivity index (χ2n) is 4.18. The summed E-state index contributed by atoms with van der Waals surface area (Å²) in [6.07, 6.45) is 0. The van der Waals surface area contributed by atoms with E-state index in [1.54, 1.807) is 23.9 Å². The molecular formula is C12H4Cl4INS4. The average Bonchev–Trinajstić information content (AvgIpc) is 3.03. The van der Waals surface area contributed by atoms with Crippen LogP contribution in [0.2, 0.25) is 20.1 Å². The molecule has 0 saturated carbocycles. The van der Waals surface area contributed by atoms with E-state index >= 15 is 0 Å². The van der Waals surface area contributed by atoms with Gasteiger partial charge in [0.25, 0.3) is 0 Å². The van der Waals surface area contributed by atoms with Crippen molar-refractivity contribution in [3.63, 3.8) is 0 Å². The first-order valence-corrected chi connectivity index (χ1v) is 16.5. The van der Waals surface area contributed by atoms with Gasteiger partial charge in [-0.2, -0.15) is 0 Å². The number of hydrogen-bond acceptors (Lipinski definition) is 5. The molecule has 2 heterocycles. The van der Waals surface area contributed by atoms with Gasteiger partial charge in [0.1, 0.15) is 0 Å². The van der Waals surface area contributed by atoms with Gasteiger partial charge in [-0.1, -0.05) is 0 Å². The van der Waals surface area contributed by atoms with Crippen molar-refractivity contribution in [2.24, 2.45) is 0 Å². The molecular weight excluding hydrogens is 555 g/mol. The van der Waals surface area contributed by atoms with E-state index in [9.17, 15) is 0 Å². The van der Waals surface area contributed by atoms with E-state index in [2.05, 4.69) is 1.92 Å². The van der Waals surface area contributed by atoms with Gasteiger partial charge in [-0.3, -0.25) is 0 Å². The Hall–Kier alpha value is 1.69. The molecule has 2 aliphatic rings. The summed E-state index contributed by atoms with van der Waals surface area (Å²) < 4.78 is 2.40. The number of nitrogens with zero attached hydrogens (tertiary/aromatic N) is 1. The summed E-state index contributed by atoms with van der Waals surface area (Å²) in [6, 6.07) is 7.83. The van der Waals surface area contributed by atoms with Gasteiger partial charge in [0, 0.05) is 0 Å². The van der Waals surface area contributed by atoms with Gasteiger partial charge in [0.2, 0.25) is 0 Å². The van der Waals surface area contributed by atoms with Gasteiger partial charge in [-0.15, -0.1) is 0 Å². The van der Waals surface area contributed by atoms with Gasteiger partial charge in [-0.25, -0.2) is 0 Å². The van der Waals surface area contributed by atoms with Crippen molar-refractivity contribution in [3.05, 3.63) is 44.4 Å². The zero-order valence-corrected chi connectivity index (χ0v) is 18.7. The van der Waals surface area contributed by atoms with Crippen LogP contribution in [0.25, 0.3) is 0 Å². The standard InChI is InChI=1S/C12H4Cl4INS4/c13-5-1-9-10(2-6(5)14)20-17(19-9)18-21-11-3-7(15)8(16)4-12(11)22-18/h1-4H. The Balaban J connectivity index is 1.57. The number of rotatable bonds is 1. The summed E-state index contributed by atoms with van der Waals surface area (Å²) in [5, 5.41) is 2.45. The van der Waals surface area contributed by atoms with E-state index in [1.807, 2.05) is 42.1 Å². The van der Waals surface area contributed by atoms with Crippen molar-refractivity contribution in [1.82, 2.24) is 1.92 Å². The summed E-state index contributed by atoms with van der Waals surface area (Å²) in [6.45, 7) is 0. The molecule has 0 aromatic heterocycles. The Labute approximate surface area is 169 Å². The maximum atomic E-state index is 6.12. The van der Waals surface area contributed by atoms with E-state index in [4.69, 9.17) is 46.4 Å². The first-order valence-electron chi connectivity index (χ1n) is 5.72. The zero-order valence-electron chi connectivity index (χ0n) is 10.3. The normalized spacial score (nSPS) is 18.6. The predicted molar refractivity (Wildman–Crippen MR) is 112 cm³/mol. The number of benzene rings is 2. The molecule has 1 nitrogen and oxygen atoms in total. The molecule has 0 radical (unpaired) electrons. The fourth-order valence-electron chi connectivity index (χ4n) is 1.73. The van der Waals surface area contributed by atoms with Crippen molar-refractivity contribution >= 4 is 105 Å². The molecule has 10 heteroatoms. The van der Waals surface area contributed by atoms with Crippen LogP contribution in [0.1, 0.15) is 0 Å². The molecule has 0 aliphatic carbocycles. The van der Waals surface area contributed by atoms with Gasteiger partial charge in [0.15, 0.2) is 0 Å². The number of halogens is 5. The molecule has 116 valence electrons. The zero-order chi connectivity index (χ0) is 15.4. The number of hydrogen-bond donors (Lipinski definition) is 0. The summed E-state index contributed by atoms with van der Waals surface area (Å²) in [4.78, 5) is 4.81. The van der Waals surface area contributed by atoms with Crippen LogP contribution in [0.15, 0.2) is 43.8 Å². The average molecular weight is 559 g/mol. The third kappa shape index (κ3) is 3.22. The topological polar surface area (TPSA) is 3.24 Å². The molecule has 0 N–H and O–H groups in total. The van der Waals surface area contributed by atoms with Crippen molar-refractivity contribution in [2.45, 2.75) is 19.6 Å². The molecule has 0 bridgehead atoms. The molecule has 0 fully saturated rings. The molecule has 0 spiro atoms. The third-order valence-corrected chi connectivity index (χ3v) is 23.0. The SMILES string of the molecule is Clc1cc2c(cc1Cl)SN(I1Sc3cc(Cl)c(Cl)cc3S1)S2. The van der Waals surface area contributed by atoms with E-state index in [0.717, 1.165) is 0 Å². The van der Waals surface area contributed by atoms with Gasteiger partial charge in [-0.05, 0) is 0 Å². The van der Waals surface area contributed by atoms with Crippen LogP contribution in [0.3, 0.4) is 0 Å². The van der Waals surface area contributed by atoms with Gasteiger partial charge >= 0.3 is 171 Å². The van der Waals surface area contributed by atoms with Crippen molar-refractivity contribution in [3.8, 4) is 0 Å². The van der Waals surface area contributed by atoms with Crippen LogP contribution in [0, 0.1) is 0 Å². The molecule has 2 aliphatic heterocycles. The molecule has 2 aromatic carbocycles. The Kier molecular flexibility index (Phi) is 5.27. The van der Waals surface area contributed by atoms with Crippen LogP contribution in [0.4, 0.5) is 0 Å².